The molecule has 1 aliphatic carbocycles. The van der Waals surface area contributed by atoms with Gasteiger partial charge < -0.3 is 9.64 Å². The molecule has 4 nitrogen and oxygen atoms in total. The van der Waals surface area contributed by atoms with Crippen LogP contribution in [0.1, 0.15) is 44.9 Å². The van der Waals surface area contributed by atoms with Gasteiger partial charge in [0.2, 0.25) is 11.8 Å². The summed E-state index contributed by atoms with van der Waals surface area (Å²) in [6.07, 6.45) is 9.75. The molecule has 1 aromatic heterocycles. The third-order valence-electron chi connectivity index (χ3n) is 4.69. The average molecular weight is 367 g/mol. The molecule has 1 atom stereocenters. The molecule has 1 saturated heterocycles. The van der Waals surface area contributed by atoms with Crippen LogP contribution in [0.4, 0.5) is 0 Å². The van der Waals surface area contributed by atoms with Crippen LogP contribution in [-0.4, -0.2) is 35.0 Å². The Hall–Kier alpha value is -1.10. The van der Waals surface area contributed by atoms with E-state index in [9.17, 15) is 4.79 Å². The summed E-state index contributed by atoms with van der Waals surface area (Å²) in [7, 11) is 0. The first-order valence-corrected chi connectivity index (χ1v) is 9.06. The quantitative estimate of drug-likeness (QED) is 0.813. The number of hydrogen-bond acceptors (Lipinski definition) is 3. The molecule has 2 aliphatic rings. The van der Waals surface area contributed by atoms with Crippen LogP contribution in [0.15, 0.2) is 22.8 Å². The minimum Gasteiger partial charge on any atom is -0.472 e. The lowest BCUT2D eigenvalue weighted by Crippen LogP contribution is -2.32. The highest BCUT2D eigenvalue weighted by atomic mass is 79.9. The van der Waals surface area contributed by atoms with E-state index in [1.54, 1.807) is 6.20 Å². The number of likely N-dealkylation sites (tertiary alicyclic amines) is 1. The highest BCUT2D eigenvalue weighted by molar-refractivity contribution is 9.10. The van der Waals surface area contributed by atoms with Crippen LogP contribution in [-0.2, 0) is 4.79 Å². The van der Waals surface area contributed by atoms with Crippen LogP contribution in [0.25, 0.3) is 0 Å². The molecule has 0 spiro atoms. The summed E-state index contributed by atoms with van der Waals surface area (Å²) in [5, 5.41) is 0. The van der Waals surface area contributed by atoms with Crippen molar-refractivity contribution in [3.8, 4) is 5.88 Å². The van der Waals surface area contributed by atoms with Gasteiger partial charge in [0, 0.05) is 25.6 Å². The third-order valence-corrected chi connectivity index (χ3v) is 5.29. The van der Waals surface area contributed by atoms with Gasteiger partial charge in [-0.05, 0) is 46.8 Å². The second-order valence-corrected chi connectivity index (χ2v) is 7.22. The molecule has 5 heteroatoms. The highest BCUT2D eigenvalue weighted by Gasteiger charge is 2.29. The van der Waals surface area contributed by atoms with Crippen molar-refractivity contribution in [2.75, 3.05) is 13.1 Å². The topological polar surface area (TPSA) is 42.4 Å². The molecule has 1 amide bonds. The van der Waals surface area contributed by atoms with Gasteiger partial charge in [0.15, 0.2) is 0 Å². The summed E-state index contributed by atoms with van der Waals surface area (Å²) in [6, 6.07) is 3.79. The maximum Gasteiger partial charge on any atom is 0.228 e. The van der Waals surface area contributed by atoms with Gasteiger partial charge in [0.25, 0.3) is 0 Å². The number of halogens is 1. The van der Waals surface area contributed by atoms with Gasteiger partial charge in [0.1, 0.15) is 6.10 Å². The van der Waals surface area contributed by atoms with Crippen molar-refractivity contribution < 1.29 is 9.53 Å². The molecule has 1 aromatic rings. The molecule has 120 valence electrons. The van der Waals surface area contributed by atoms with Crippen LogP contribution in [0.3, 0.4) is 0 Å². The number of carbonyl (C=O) groups is 1. The van der Waals surface area contributed by atoms with Crippen LogP contribution in [0.2, 0.25) is 0 Å². The lowest BCUT2D eigenvalue weighted by atomic mass is 9.87. The molecule has 3 rings (SSSR count). The number of pyridine rings is 1. The fourth-order valence-corrected chi connectivity index (χ4v) is 3.78. The fourth-order valence-electron chi connectivity index (χ4n) is 3.43. The zero-order valence-corrected chi connectivity index (χ0v) is 14.4. The molecular formula is C17H23BrN2O2. The van der Waals surface area contributed by atoms with Crippen LogP contribution in [0, 0.1) is 5.92 Å². The van der Waals surface area contributed by atoms with E-state index in [2.05, 4.69) is 20.9 Å². The smallest absolute Gasteiger partial charge is 0.228 e. The van der Waals surface area contributed by atoms with E-state index >= 15 is 0 Å². The number of amides is 1. The Labute approximate surface area is 140 Å². The van der Waals surface area contributed by atoms with E-state index in [-0.39, 0.29) is 6.10 Å². The Morgan fingerprint density at radius 1 is 1.32 bits per heavy atom. The Balaban J connectivity index is 1.49. The van der Waals surface area contributed by atoms with Crippen LogP contribution < -0.4 is 4.74 Å². The van der Waals surface area contributed by atoms with Crippen LogP contribution in [0.5, 0.6) is 5.88 Å². The van der Waals surface area contributed by atoms with E-state index in [4.69, 9.17) is 4.74 Å². The van der Waals surface area contributed by atoms with Crippen molar-refractivity contribution >= 4 is 21.8 Å². The van der Waals surface area contributed by atoms with Gasteiger partial charge in [0.05, 0.1) is 11.0 Å². The average Bonchev–Trinajstić information content (AvgIpc) is 2.99. The summed E-state index contributed by atoms with van der Waals surface area (Å²) in [5.41, 5.74) is 0. The van der Waals surface area contributed by atoms with E-state index in [1.807, 2.05) is 17.0 Å². The van der Waals surface area contributed by atoms with Gasteiger partial charge in [-0.1, -0.05) is 19.3 Å². The van der Waals surface area contributed by atoms with Crippen LogP contribution >= 0.6 is 15.9 Å². The number of carbonyl (C=O) groups excluding carboxylic acids is 1. The van der Waals surface area contributed by atoms with Crippen molar-refractivity contribution in [3.05, 3.63) is 22.8 Å². The third kappa shape index (κ3) is 4.00. The maximum atomic E-state index is 12.4. The normalized spacial score (nSPS) is 22.8. The minimum absolute atomic E-state index is 0.0569. The number of aromatic nitrogens is 1. The minimum atomic E-state index is 0.0569. The van der Waals surface area contributed by atoms with E-state index in [1.165, 1.54) is 32.1 Å². The molecule has 0 aromatic carbocycles. The molecule has 0 radical (unpaired) electrons. The molecule has 0 bridgehead atoms. The largest absolute Gasteiger partial charge is 0.472 e. The Morgan fingerprint density at radius 2 is 2.14 bits per heavy atom. The predicted octanol–water partition coefficient (Wildman–Crippen LogP) is 3.79. The van der Waals surface area contributed by atoms with Crippen molar-refractivity contribution in [3.63, 3.8) is 0 Å². The molecule has 22 heavy (non-hydrogen) atoms. The van der Waals surface area contributed by atoms with Crippen molar-refractivity contribution in [2.24, 2.45) is 5.92 Å². The van der Waals surface area contributed by atoms with Gasteiger partial charge in [-0.25, -0.2) is 4.98 Å². The lowest BCUT2D eigenvalue weighted by molar-refractivity contribution is -0.131. The molecular weight excluding hydrogens is 344 g/mol. The lowest BCUT2D eigenvalue weighted by Gasteiger charge is -2.24. The van der Waals surface area contributed by atoms with Crippen molar-refractivity contribution in [1.29, 1.82) is 0 Å². The Kier molecular flexibility index (Phi) is 5.34. The highest BCUT2D eigenvalue weighted by Crippen LogP contribution is 2.28. The van der Waals surface area contributed by atoms with Gasteiger partial charge in [-0.2, -0.15) is 0 Å². The van der Waals surface area contributed by atoms with Gasteiger partial charge in [-0.3, -0.25) is 4.79 Å². The second kappa shape index (κ2) is 7.44. The Bertz CT molecular complexity index is 517. The standard InChI is InChI=1S/C17H23BrN2O2/c18-15-7-4-9-19-17(15)22-14-8-10-20(12-14)16(21)11-13-5-2-1-3-6-13/h4,7,9,13-14H,1-3,5-6,8,10-12H2. The summed E-state index contributed by atoms with van der Waals surface area (Å²) < 4.78 is 6.79. The van der Waals surface area contributed by atoms with E-state index in [0.717, 1.165) is 23.9 Å². The van der Waals surface area contributed by atoms with Gasteiger partial charge >= 0.3 is 0 Å². The molecule has 2 heterocycles. The molecule has 2 fully saturated rings. The first kappa shape index (κ1) is 15.8. The fraction of sp³-hybridized carbons (Fsp3) is 0.647. The zero-order valence-electron chi connectivity index (χ0n) is 12.8. The number of nitrogens with zero attached hydrogens (tertiary/aromatic N) is 2. The summed E-state index contributed by atoms with van der Waals surface area (Å²) >= 11 is 3.45. The summed E-state index contributed by atoms with van der Waals surface area (Å²) in [4.78, 5) is 18.6. The van der Waals surface area contributed by atoms with Gasteiger partial charge in [-0.15, -0.1) is 0 Å². The van der Waals surface area contributed by atoms with E-state index in [0.29, 0.717) is 24.2 Å². The van der Waals surface area contributed by atoms with Crippen molar-refractivity contribution in [2.45, 2.75) is 51.0 Å². The second-order valence-electron chi connectivity index (χ2n) is 6.37. The monoisotopic (exact) mass is 366 g/mol. The zero-order chi connectivity index (χ0) is 15.4. The first-order valence-electron chi connectivity index (χ1n) is 8.27. The SMILES string of the molecule is O=C(CC1CCCCC1)N1CCC(Oc2ncccc2Br)C1. The maximum absolute atomic E-state index is 12.4. The predicted molar refractivity (Wildman–Crippen MR) is 88.7 cm³/mol. The van der Waals surface area contributed by atoms with E-state index < -0.39 is 0 Å². The number of hydrogen-bond donors (Lipinski definition) is 0. The first-order chi connectivity index (χ1) is 10.7. The number of rotatable bonds is 4. The number of ether oxygens (including phenoxy) is 1. The van der Waals surface area contributed by atoms with Crippen molar-refractivity contribution in [1.82, 2.24) is 9.88 Å². The molecule has 1 unspecified atom stereocenters. The molecule has 0 N–H and O–H groups in total. The molecule has 1 saturated carbocycles. The molecule has 1 aliphatic heterocycles. The summed E-state index contributed by atoms with van der Waals surface area (Å²) in [6.45, 7) is 1.50. The Morgan fingerprint density at radius 3 is 2.91 bits per heavy atom. The summed E-state index contributed by atoms with van der Waals surface area (Å²) in [5.74, 6) is 1.53.